The third-order valence-electron chi connectivity index (χ3n) is 3.97. The lowest BCUT2D eigenvalue weighted by Crippen LogP contribution is -2.41. The number of hydrogen-bond acceptors (Lipinski definition) is 3. The fourth-order valence-corrected chi connectivity index (χ4v) is 2.87. The molecule has 0 amide bonds. The predicted molar refractivity (Wildman–Crippen MR) is 75.5 cm³/mol. The van der Waals surface area contributed by atoms with Crippen molar-refractivity contribution in [3.05, 3.63) is 0 Å². The van der Waals surface area contributed by atoms with Gasteiger partial charge in [-0.2, -0.15) is 0 Å². The molecule has 1 N–H and O–H groups in total. The van der Waals surface area contributed by atoms with Gasteiger partial charge in [0.05, 0.1) is 0 Å². The third-order valence-corrected chi connectivity index (χ3v) is 3.97. The van der Waals surface area contributed by atoms with Gasteiger partial charge in [-0.3, -0.25) is 4.90 Å². The van der Waals surface area contributed by atoms with Gasteiger partial charge in [-0.05, 0) is 39.4 Å². The van der Waals surface area contributed by atoms with Crippen molar-refractivity contribution in [1.29, 1.82) is 0 Å². The quantitative estimate of drug-likeness (QED) is 0.731. The first kappa shape index (κ1) is 14.9. The van der Waals surface area contributed by atoms with Crippen LogP contribution in [0.15, 0.2) is 0 Å². The van der Waals surface area contributed by atoms with E-state index in [0.717, 1.165) is 18.5 Å². The highest BCUT2D eigenvalue weighted by Crippen LogP contribution is 2.20. The summed E-state index contributed by atoms with van der Waals surface area (Å²) in [6.45, 7) is 11.8. The molecular formula is C14H31N3. The Morgan fingerprint density at radius 2 is 2.00 bits per heavy atom. The zero-order valence-electron chi connectivity index (χ0n) is 12.4. The highest BCUT2D eigenvalue weighted by atomic mass is 15.2. The molecule has 0 radical (unpaired) electrons. The van der Waals surface area contributed by atoms with Gasteiger partial charge in [0.15, 0.2) is 0 Å². The average molecular weight is 241 g/mol. The van der Waals surface area contributed by atoms with Crippen LogP contribution in [0.1, 0.15) is 33.6 Å². The van der Waals surface area contributed by atoms with Crippen LogP contribution >= 0.6 is 0 Å². The summed E-state index contributed by atoms with van der Waals surface area (Å²) in [4.78, 5) is 5.01. The van der Waals surface area contributed by atoms with Crippen molar-refractivity contribution in [2.24, 2.45) is 5.92 Å². The van der Waals surface area contributed by atoms with Gasteiger partial charge in [0, 0.05) is 31.7 Å². The third kappa shape index (κ3) is 4.57. The molecule has 3 atom stereocenters. The molecule has 1 rings (SSSR count). The van der Waals surface area contributed by atoms with Crippen LogP contribution in [0.5, 0.6) is 0 Å². The van der Waals surface area contributed by atoms with Crippen LogP contribution in [-0.4, -0.2) is 62.2 Å². The zero-order valence-corrected chi connectivity index (χ0v) is 12.4. The summed E-state index contributed by atoms with van der Waals surface area (Å²) in [5, 5.41) is 3.65. The Bertz CT molecular complexity index is 206. The second-order valence-electron chi connectivity index (χ2n) is 5.79. The van der Waals surface area contributed by atoms with Crippen molar-refractivity contribution in [3.63, 3.8) is 0 Å². The summed E-state index contributed by atoms with van der Waals surface area (Å²) in [7, 11) is 4.41. The fourth-order valence-electron chi connectivity index (χ4n) is 2.87. The maximum atomic E-state index is 3.65. The van der Waals surface area contributed by atoms with Gasteiger partial charge in [0.25, 0.3) is 0 Å². The maximum absolute atomic E-state index is 3.65. The Morgan fingerprint density at radius 1 is 1.29 bits per heavy atom. The number of nitrogens with one attached hydrogen (secondary N) is 1. The summed E-state index contributed by atoms with van der Waals surface area (Å²) in [6, 6.07) is 1.40. The Labute approximate surface area is 108 Å². The molecule has 1 heterocycles. The van der Waals surface area contributed by atoms with E-state index in [2.05, 4.69) is 50.0 Å². The number of nitrogens with zero attached hydrogens (tertiary/aromatic N) is 2. The molecule has 0 aliphatic carbocycles. The predicted octanol–water partition coefficient (Wildman–Crippen LogP) is 1.65. The molecule has 1 saturated heterocycles. The van der Waals surface area contributed by atoms with Gasteiger partial charge in [0.2, 0.25) is 0 Å². The Kier molecular flexibility index (Phi) is 6.45. The summed E-state index contributed by atoms with van der Waals surface area (Å²) < 4.78 is 0. The highest BCUT2D eigenvalue weighted by Gasteiger charge is 2.31. The Morgan fingerprint density at radius 3 is 2.47 bits per heavy atom. The van der Waals surface area contributed by atoms with E-state index in [0.29, 0.717) is 6.04 Å². The fraction of sp³-hybridized carbons (Fsp3) is 1.00. The molecule has 0 aromatic rings. The smallest absolute Gasteiger partial charge is 0.0254 e. The Balaban J connectivity index is 2.36. The van der Waals surface area contributed by atoms with Gasteiger partial charge in [-0.15, -0.1) is 0 Å². The minimum Gasteiger partial charge on any atom is -0.313 e. The van der Waals surface area contributed by atoms with Crippen molar-refractivity contribution in [2.75, 3.05) is 40.3 Å². The van der Waals surface area contributed by atoms with Gasteiger partial charge in [0.1, 0.15) is 0 Å². The van der Waals surface area contributed by atoms with E-state index < -0.39 is 0 Å². The monoisotopic (exact) mass is 241 g/mol. The highest BCUT2D eigenvalue weighted by molar-refractivity contribution is 4.88. The second kappa shape index (κ2) is 7.34. The van der Waals surface area contributed by atoms with Crippen LogP contribution in [0.3, 0.4) is 0 Å². The van der Waals surface area contributed by atoms with E-state index in [4.69, 9.17) is 0 Å². The van der Waals surface area contributed by atoms with E-state index in [1.165, 1.54) is 32.5 Å². The molecule has 3 heteroatoms. The summed E-state index contributed by atoms with van der Waals surface area (Å²) in [5.41, 5.74) is 0. The van der Waals surface area contributed by atoms with Crippen LogP contribution in [0.2, 0.25) is 0 Å². The Hall–Kier alpha value is -0.120. The largest absolute Gasteiger partial charge is 0.313 e. The van der Waals surface area contributed by atoms with E-state index in [1.54, 1.807) is 0 Å². The molecule has 102 valence electrons. The summed E-state index contributed by atoms with van der Waals surface area (Å²) >= 11 is 0. The van der Waals surface area contributed by atoms with E-state index >= 15 is 0 Å². The van der Waals surface area contributed by atoms with E-state index in [1.807, 2.05) is 0 Å². The SMILES string of the molecule is CCCNC(CC)CN1CC(C)C(N(C)C)C1. The van der Waals surface area contributed by atoms with Crippen LogP contribution in [0.25, 0.3) is 0 Å². The molecule has 1 fully saturated rings. The molecule has 0 saturated carbocycles. The topological polar surface area (TPSA) is 18.5 Å². The molecule has 0 bridgehead atoms. The molecule has 3 nitrogen and oxygen atoms in total. The van der Waals surface area contributed by atoms with Crippen molar-refractivity contribution in [3.8, 4) is 0 Å². The van der Waals surface area contributed by atoms with Crippen LogP contribution in [-0.2, 0) is 0 Å². The van der Waals surface area contributed by atoms with Crippen molar-refractivity contribution < 1.29 is 0 Å². The first-order chi connectivity index (χ1) is 8.08. The lowest BCUT2D eigenvalue weighted by molar-refractivity contribution is 0.241. The minimum absolute atomic E-state index is 0.670. The van der Waals surface area contributed by atoms with Gasteiger partial charge in [-0.1, -0.05) is 20.8 Å². The number of rotatable bonds is 7. The lowest BCUT2D eigenvalue weighted by Gasteiger charge is -2.25. The van der Waals surface area contributed by atoms with Gasteiger partial charge in [-0.25, -0.2) is 0 Å². The number of likely N-dealkylation sites (N-methyl/N-ethyl adjacent to an activating group) is 1. The minimum atomic E-state index is 0.670. The molecule has 0 aromatic carbocycles. The van der Waals surface area contributed by atoms with Crippen LogP contribution in [0.4, 0.5) is 0 Å². The standard InChI is InChI=1S/C14H31N3/c1-6-8-15-13(7-2)10-17-9-12(3)14(11-17)16(4)5/h12-15H,6-11H2,1-5H3. The zero-order chi connectivity index (χ0) is 12.8. The van der Waals surface area contributed by atoms with Crippen molar-refractivity contribution in [2.45, 2.75) is 45.7 Å². The summed E-state index contributed by atoms with van der Waals surface area (Å²) in [5.74, 6) is 0.800. The van der Waals surface area contributed by atoms with Gasteiger partial charge < -0.3 is 10.2 Å². The van der Waals surface area contributed by atoms with Crippen molar-refractivity contribution >= 4 is 0 Å². The molecule has 3 unspecified atom stereocenters. The van der Waals surface area contributed by atoms with Gasteiger partial charge >= 0.3 is 0 Å². The van der Waals surface area contributed by atoms with E-state index in [-0.39, 0.29) is 0 Å². The normalized spacial score (nSPS) is 27.9. The number of hydrogen-bond donors (Lipinski definition) is 1. The first-order valence-corrected chi connectivity index (χ1v) is 7.20. The van der Waals surface area contributed by atoms with Crippen LogP contribution < -0.4 is 5.32 Å². The van der Waals surface area contributed by atoms with Crippen LogP contribution in [0, 0.1) is 5.92 Å². The van der Waals surface area contributed by atoms with Crippen molar-refractivity contribution in [1.82, 2.24) is 15.1 Å². The van der Waals surface area contributed by atoms with E-state index in [9.17, 15) is 0 Å². The first-order valence-electron chi connectivity index (χ1n) is 7.20. The summed E-state index contributed by atoms with van der Waals surface area (Å²) in [6.07, 6.45) is 2.46. The lowest BCUT2D eigenvalue weighted by atomic mass is 10.1. The molecule has 17 heavy (non-hydrogen) atoms. The molecule has 0 aromatic heterocycles. The second-order valence-corrected chi connectivity index (χ2v) is 5.79. The maximum Gasteiger partial charge on any atom is 0.0254 e. The molecule has 0 spiro atoms. The molecule has 1 aliphatic heterocycles. The average Bonchev–Trinajstić information content (AvgIpc) is 2.65. The molecular weight excluding hydrogens is 210 g/mol. The molecule has 1 aliphatic rings. The number of likely N-dealkylation sites (tertiary alicyclic amines) is 1.